The number of hydrogen-bond donors (Lipinski definition) is 2. The Kier molecular flexibility index (Phi) is 7.66. The number of aliphatic hydroxyl groups is 1. The van der Waals surface area contributed by atoms with E-state index in [2.05, 4.69) is 5.32 Å². The van der Waals surface area contributed by atoms with Crippen molar-refractivity contribution in [3.63, 3.8) is 0 Å². The molecule has 13 heteroatoms. The van der Waals surface area contributed by atoms with E-state index >= 15 is 4.39 Å². The zero-order chi connectivity index (χ0) is 29.9. The zero-order valence-corrected chi connectivity index (χ0v) is 23.3. The normalized spacial score (nSPS) is 26.1. The Morgan fingerprint density at radius 1 is 1.15 bits per heavy atom. The number of amides is 2. The summed E-state index contributed by atoms with van der Waals surface area (Å²) in [5.74, 6) is -2.24. The second kappa shape index (κ2) is 10.7. The SMILES string of the molecule is CN1CC(C(NC(O)[C@H]2C[C@H]3CC[C@H]3N2C(=O)c2cccc(S(C)(=O)=O)c2)c2ccc(C(F)(F)F)cc2F)CC1=O. The summed E-state index contributed by atoms with van der Waals surface area (Å²) < 4.78 is 78.9. The quantitative estimate of drug-likeness (QED) is 0.375. The summed E-state index contributed by atoms with van der Waals surface area (Å²) in [4.78, 5) is 29.0. The monoisotopic (exact) mass is 597 g/mol. The molecule has 0 aromatic heterocycles. The van der Waals surface area contributed by atoms with E-state index in [4.69, 9.17) is 0 Å². The third-order valence-corrected chi connectivity index (χ3v) is 9.71. The molecule has 2 heterocycles. The first-order valence-electron chi connectivity index (χ1n) is 13.3. The summed E-state index contributed by atoms with van der Waals surface area (Å²) in [6, 6.07) is 5.87. The summed E-state index contributed by atoms with van der Waals surface area (Å²) in [6.45, 7) is 0.195. The lowest BCUT2D eigenvalue weighted by Crippen LogP contribution is -2.54. The first kappa shape index (κ1) is 29.5. The van der Waals surface area contributed by atoms with Crippen molar-refractivity contribution in [3.05, 3.63) is 65.0 Å². The Balaban J connectivity index is 1.45. The predicted molar refractivity (Wildman–Crippen MR) is 140 cm³/mol. The van der Waals surface area contributed by atoms with E-state index in [1.807, 2.05) is 0 Å². The number of nitrogens with one attached hydrogen (secondary N) is 1. The molecule has 5 rings (SSSR count). The van der Waals surface area contributed by atoms with E-state index in [1.165, 1.54) is 29.2 Å². The number of fused-ring (bicyclic) bond motifs is 1. The van der Waals surface area contributed by atoms with E-state index in [9.17, 15) is 36.3 Å². The molecule has 0 radical (unpaired) electrons. The second-order valence-electron chi connectivity index (χ2n) is 11.3. The summed E-state index contributed by atoms with van der Waals surface area (Å²) in [5, 5.41) is 14.4. The molecule has 2 amide bonds. The molecular weight excluding hydrogens is 566 g/mol. The fraction of sp³-hybridized carbons (Fsp3) is 0.500. The number of hydrogen-bond acceptors (Lipinski definition) is 6. The molecule has 2 N–H and O–H groups in total. The lowest BCUT2D eigenvalue weighted by atomic mass is 9.80. The molecule has 222 valence electrons. The summed E-state index contributed by atoms with van der Waals surface area (Å²) >= 11 is 0. The maximum Gasteiger partial charge on any atom is 0.416 e. The van der Waals surface area contributed by atoms with Crippen molar-refractivity contribution in [3.8, 4) is 0 Å². The minimum atomic E-state index is -4.75. The molecule has 2 saturated heterocycles. The van der Waals surface area contributed by atoms with Crippen molar-refractivity contribution < 1.29 is 40.7 Å². The van der Waals surface area contributed by atoms with E-state index in [1.54, 1.807) is 11.9 Å². The van der Waals surface area contributed by atoms with Gasteiger partial charge in [-0.05, 0) is 55.5 Å². The van der Waals surface area contributed by atoms with Crippen LogP contribution in [0.4, 0.5) is 17.6 Å². The van der Waals surface area contributed by atoms with Gasteiger partial charge in [0.05, 0.1) is 16.5 Å². The molecule has 1 saturated carbocycles. The highest BCUT2D eigenvalue weighted by Crippen LogP contribution is 2.46. The number of rotatable bonds is 7. The molecule has 2 aromatic rings. The molecule has 1 aliphatic carbocycles. The smallest absolute Gasteiger partial charge is 0.376 e. The fourth-order valence-corrected chi connectivity index (χ4v) is 6.97. The van der Waals surface area contributed by atoms with Gasteiger partial charge in [0.15, 0.2) is 9.84 Å². The Morgan fingerprint density at radius 3 is 2.44 bits per heavy atom. The maximum absolute atomic E-state index is 15.2. The second-order valence-corrected chi connectivity index (χ2v) is 13.3. The number of sulfone groups is 1. The first-order chi connectivity index (χ1) is 19.1. The lowest BCUT2D eigenvalue weighted by molar-refractivity contribution is -0.137. The van der Waals surface area contributed by atoms with Crippen LogP contribution in [0.1, 0.15) is 53.2 Å². The molecule has 41 heavy (non-hydrogen) atoms. The van der Waals surface area contributed by atoms with E-state index in [-0.39, 0.29) is 46.9 Å². The van der Waals surface area contributed by atoms with Crippen molar-refractivity contribution in [1.29, 1.82) is 0 Å². The number of halogens is 4. The van der Waals surface area contributed by atoms with Crippen molar-refractivity contribution >= 4 is 21.7 Å². The number of alkyl halides is 3. The molecule has 2 aliphatic heterocycles. The predicted octanol–water partition coefficient (Wildman–Crippen LogP) is 3.37. The minimum absolute atomic E-state index is 0.00179. The molecule has 8 nitrogen and oxygen atoms in total. The highest BCUT2D eigenvalue weighted by Gasteiger charge is 2.51. The van der Waals surface area contributed by atoms with Crippen LogP contribution in [-0.2, 0) is 20.8 Å². The lowest BCUT2D eigenvalue weighted by Gasteiger charge is -2.39. The number of carbonyl (C=O) groups excluding carboxylic acids is 2. The van der Waals surface area contributed by atoms with Gasteiger partial charge in [-0.15, -0.1) is 0 Å². The maximum atomic E-state index is 15.2. The first-order valence-corrected chi connectivity index (χ1v) is 15.2. The van der Waals surface area contributed by atoms with Gasteiger partial charge in [-0.25, -0.2) is 12.8 Å². The van der Waals surface area contributed by atoms with Gasteiger partial charge in [-0.3, -0.25) is 14.9 Å². The van der Waals surface area contributed by atoms with Crippen molar-refractivity contribution in [2.24, 2.45) is 11.8 Å². The number of benzene rings is 2. The molecule has 3 fully saturated rings. The number of aliphatic hydroxyl groups excluding tert-OH is 1. The van der Waals surface area contributed by atoms with Crippen molar-refractivity contribution in [1.82, 2.24) is 15.1 Å². The highest BCUT2D eigenvalue weighted by atomic mass is 32.2. The summed E-state index contributed by atoms with van der Waals surface area (Å²) in [5.41, 5.74) is -1.13. The van der Waals surface area contributed by atoms with Gasteiger partial charge in [0.1, 0.15) is 12.0 Å². The molecule has 2 aromatic carbocycles. The van der Waals surface area contributed by atoms with Crippen LogP contribution in [0.25, 0.3) is 0 Å². The van der Waals surface area contributed by atoms with Crippen molar-refractivity contribution in [2.75, 3.05) is 19.8 Å². The van der Waals surface area contributed by atoms with Crippen LogP contribution in [0.2, 0.25) is 0 Å². The van der Waals surface area contributed by atoms with Gasteiger partial charge in [0.2, 0.25) is 5.91 Å². The van der Waals surface area contributed by atoms with Gasteiger partial charge in [0, 0.05) is 55.4 Å². The average molecular weight is 598 g/mol. The fourth-order valence-electron chi connectivity index (χ4n) is 6.31. The Hall–Kier alpha value is -3.03. The Bertz CT molecular complexity index is 1470. The topological polar surface area (TPSA) is 107 Å². The van der Waals surface area contributed by atoms with Gasteiger partial charge in [-0.2, -0.15) is 13.2 Å². The molecule has 0 spiro atoms. The van der Waals surface area contributed by atoms with Crippen LogP contribution in [0, 0.1) is 17.7 Å². The van der Waals surface area contributed by atoms with Crippen LogP contribution in [0.5, 0.6) is 0 Å². The molecular formula is C28H31F4N3O5S. The third kappa shape index (κ3) is 5.71. The molecule has 6 atom stereocenters. The standard InChI is InChI=1S/C28H31F4N3O5S/c1-34-14-17(12-24(34)36)25(20-8-7-18(13-21(20)29)28(30,31)32)33-26(37)23-11-15-6-9-22(15)35(23)27(38)16-4-3-5-19(10-16)41(2,39)40/h3-5,7-8,10,13,15,17,22-23,25-26,33,37H,6,9,11-12,14H2,1-2H3/t15-,17?,22-,23-,25?,26?/m1/s1. The molecule has 3 unspecified atom stereocenters. The summed E-state index contributed by atoms with van der Waals surface area (Å²) in [6.07, 6.45) is -3.15. The number of nitrogens with zero attached hydrogens (tertiary/aromatic N) is 2. The van der Waals surface area contributed by atoms with Gasteiger partial charge < -0.3 is 14.9 Å². The van der Waals surface area contributed by atoms with Crippen LogP contribution in [-0.4, -0.2) is 73.3 Å². The zero-order valence-electron chi connectivity index (χ0n) is 22.4. The summed E-state index contributed by atoms with van der Waals surface area (Å²) in [7, 11) is -2.01. The van der Waals surface area contributed by atoms with Gasteiger partial charge in [0.25, 0.3) is 5.91 Å². The average Bonchev–Trinajstić information content (AvgIpc) is 3.35. The number of likely N-dealkylation sites (tertiary alicyclic amines) is 2. The number of carbonyl (C=O) groups is 2. The highest BCUT2D eigenvalue weighted by molar-refractivity contribution is 7.90. The third-order valence-electron chi connectivity index (χ3n) is 8.60. The van der Waals surface area contributed by atoms with Crippen molar-refractivity contribution in [2.45, 2.75) is 61.1 Å². The van der Waals surface area contributed by atoms with Crippen LogP contribution in [0.3, 0.4) is 0 Å². The Labute approximate surface area is 235 Å². The van der Waals surface area contributed by atoms with E-state index in [0.717, 1.165) is 24.8 Å². The van der Waals surface area contributed by atoms with Crippen LogP contribution < -0.4 is 5.32 Å². The van der Waals surface area contributed by atoms with Crippen LogP contribution in [0.15, 0.2) is 47.4 Å². The van der Waals surface area contributed by atoms with Gasteiger partial charge >= 0.3 is 6.18 Å². The molecule has 3 aliphatic rings. The van der Waals surface area contributed by atoms with E-state index in [0.29, 0.717) is 18.9 Å². The Morgan fingerprint density at radius 2 is 1.88 bits per heavy atom. The minimum Gasteiger partial charge on any atom is -0.376 e. The molecule has 0 bridgehead atoms. The van der Waals surface area contributed by atoms with Gasteiger partial charge in [-0.1, -0.05) is 12.1 Å². The largest absolute Gasteiger partial charge is 0.416 e. The van der Waals surface area contributed by atoms with Crippen LogP contribution >= 0.6 is 0 Å². The van der Waals surface area contributed by atoms with E-state index < -0.39 is 57.5 Å².